The molecule has 4 rings (SSSR count). The van der Waals surface area contributed by atoms with E-state index in [1.54, 1.807) is 7.11 Å². The molecule has 1 aromatic heterocycles. The van der Waals surface area contributed by atoms with Crippen molar-refractivity contribution in [1.82, 2.24) is 4.98 Å². The van der Waals surface area contributed by atoms with Crippen LogP contribution in [0.15, 0.2) is 77.8 Å². The fourth-order valence-electron chi connectivity index (χ4n) is 4.45. The van der Waals surface area contributed by atoms with Crippen molar-refractivity contribution in [1.29, 1.82) is 5.26 Å². The van der Waals surface area contributed by atoms with Crippen LogP contribution in [0.2, 0.25) is 0 Å². The number of hydrogen-bond donors (Lipinski definition) is 1. The van der Waals surface area contributed by atoms with Crippen molar-refractivity contribution in [2.45, 2.75) is 50.8 Å². The molecule has 1 heterocycles. The van der Waals surface area contributed by atoms with Gasteiger partial charge in [0.25, 0.3) is 0 Å². The first-order valence-corrected chi connectivity index (χ1v) is 14.0. The van der Waals surface area contributed by atoms with Crippen molar-refractivity contribution in [3.8, 4) is 34.2 Å². The maximum atomic E-state index is 13.5. The number of nitrogens with zero attached hydrogens (tertiary/aromatic N) is 2. The zero-order chi connectivity index (χ0) is 27.9. The van der Waals surface area contributed by atoms with Gasteiger partial charge in [0.2, 0.25) is 5.91 Å². The predicted octanol–water partition coefficient (Wildman–Crippen LogP) is 7.98. The SMILES string of the molecule is CCc1cccc(C)c1NC(=O)C(CC)Sc1nc(-c2ccc(OC)cc2)cc(-c2ccc(C)cc2)c1C#N. The van der Waals surface area contributed by atoms with Crippen LogP contribution in [-0.2, 0) is 11.2 Å². The Morgan fingerprint density at radius 3 is 2.33 bits per heavy atom. The third kappa shape index (κ3) is 6.32. The van der Waals surface area contributed by atoms with Gasteiger partial charge in [-0.15, -0.1) is 0 Å². The van der Waals surface area contributed by atoms with Gasteiger partial charge in [-0.3, -0.25) is 4.79 Å². The lowest BCUT2D eigenvalue weighted by Gasteiger charge is -2.19. The van der Waals surface area contributed by atoms with E-state index in [1.165, 1.54) is 11.8 Å². The predicted molar refractivity (Wildman–Crippen MR) is 160 cm³/mol. The van der Waals surface area contributed by atoms with Crippen LogP contribution in [0.1, 0.15) is 42.5 Å². The minimum absolute atomic E-state index is 0.0936. The van der Waals surface area contributed by atoms with Crippen LogP contribution >= 0.6 is 11.8 Å². The number of methoxy groups -OCH3 is 1. The zero-order valence-electron chi connectivity index (χ0n) is 23.0. The average molecular weight is 536 g/mol. The van der Waals surface area contributed by atoms with Crippen molar-refractivity contribution in [2.75, 3.05) is 12.4 Å². The number of pyridine rings is 1. The normalized spacial score (nSPS) is 11.5. The molecule has 0 aliphatic heterocycles. The third-order valence-electron chi connectivity index (χ3n) is 6.75. The minimum atomic E-state index is -0.425. The van der Waals surface area contributed by atoms with E-state index in [9.17, 15) is 10.1 Å². The van der Waals surface area contributed by atoms with Crippen LogP contribution in [0.5, 0.6) is 5.75 Å². The first kappa shape index (κ1) is 27.9. The molecule has 0 bridgehead atoms. The Morgan fingerprint density at radius 2 is 1.72 bits per heavy atom. The molecule has 1 unspecified atom stereocenters. The second-order valence-electron chi connectivity index (χ2n) is 9.41. The molecule has 0 aliphatic rings. The number of carbonyl (C=O) groups excluding carboxylic acids is 1. The fraction of sp³-hybridized carbons (Fsp3) is 0.242. The molecule has 39 heavy (non-hydrogen) atoms. The van der Waals surface area contributed by atoms with Crippen molar-refractivity contribution < 1.29 is 9.53 Å². The Balaban J connectivity index is 1.77. The standard InChI is InChI=1S/C33H33N3O2S/c1-6-23-10-8-9-22(4)31(23)36-32(37)30(7-2)39-33-28(20-34)27(24-13-11-21(3)12-14-24)19-29(35-33)25-15-17-26(38-5)18-16-25/h8-19,30H,6-7H2,1-5H3,(H,36,37). The number of ether oxygens (including phenoxy) is 1. The van der Waals surface area contributed by atoms with Gasteiger partial charge in [-0.2, -0.15) is 5.26 Å². The Morgan fingerprint density at radius 1 is 1.03 bits per heavy atom. The van der Waals surface area contributed by atoms with E-state index in [1.807, 2.05) is 93.6 Å². The molecule has 3 aromatic carbocycles. The first-order valence-electron chi connectivity index (χ1n) is 13.1. The molecule has 5 nitrogen and oxygen atoms in total. The number of nitriles is 1. The van der Waals surface area contributed by atoms with Gasteiger partial charge in [-0.1, -0.05) is 73.6 Å². The molecule has 0 saturated carbocycles. The van der Waals surface area contributed by atoms with Crippen LogP contribution in [0.3, 0.4) is 0 Å². The summed E-state index contributed by atoms with van der Waals surface area (Å²) in [7, 11) is 1.63. The van der Waals surface area contributed by atoms with Gasteiger partial charge in [-0.05, 0) is 73.7 Å². The van der Waals surface area contributed by atoms with E-state index in [-0.39, 0.29) is 5.91 Å². The lowest BCUT2D eigenvalue weighted by molar-refractivity contribution is -0.115. The van der Waals surface area contributed by atoms with Gasteiger partial charge in [0.1, 0.15) is 16.8 Å². The summed E-state index contributed by atoms with van der Waals surface area (Å²) in [5.41, 5.74) is 7.97. The van der Waals surface area contributed by atoms with Gasteiger partial charge in [0.15, 0.2) is 0 Å². The van der Waals surface area contributed by atoms with Gasteiger partial charge in [0.05, 0.1) is 23.6 Å². The Hall–Kier alpha value is -4.08. The lowest BCUT2D eigenvalue weighted by atomic mass is 9.98. The van der Waals surface area contributed by atoms with Crippen LogP contribution in [0, 0.1) is 25.2 Å². The molecule has 4 aromatic rings. The number of rotatable bonds is 9. The molecule has 1 N–H and O–H groups in total. The van der Waals surface area contributed by atoms with Gasteiger partial charge >= 0.3 is 0 Å². The molecule has 0 radical (unpaired) electrons. The summed E-state index contributed by atoms with van der Waals surface area (Å²) >= 11 is 1.34. The highest BCUT2D eigenvalue weighted by Gasteiger charge is 2.24. The van der Waals surface area contributed by atoms with Gasteiger partial charge < -0.3 is 10.1 Å². The Kier molecular flexibility index (Phi) is 9.06. The second kappa shape index (κ2) is 12.6. The third-order valence-corrected chi connectivity index (χ3v) is 8.10. The first-order chi connectivity index (χ1) is 18.9. The summed E-state index contributed by atoms with van der Waals surface area (Å²) in [6.45, 7) is 8.10. The van der Waals surface area contributed by atoms with Crippen molar-refractivity contribution in [3.05, 3.63) is 95.1 Å². The molecule has 0 saturated heterocycles. The van der Waals surface area contributed by atoms with E-state index in [0.29, 0.717) is 17.0 Å². The van der Waals surface area contributed by atoms with Gasteiger partial charge in [-0.25, -0.2) is 4.98 Å². The monoisotopic (exact) mass is 535 g/mol. The molecular weight excluding hydrogens is 502 g/mol. The second-order valence-corrected chi connectivity index (χ2v) is 10.6. The number of para-hydroxylation sites is 1. The van der Waals surface area contributed by atoms with Crippen molar-refractivity contribution in [2.24, 2.45) is 0 Å². The summed E-state index contributed by atoms with van der Waals surface area (Å²) in [5.74, 6) is 0.662. The number of carbonyl (C=O) groups is 1. The summed E-state index contributed by atoms with van der Waals surface area (Å²) in [6.07, 6.45) is 1.41. The maximum Gasteiger partial charge on any atom is 0.237 e. The number of nitrogens with one attached hydrogen (secondary N) is 1. The fourth-order valence-corrected chi connectivity index (χ4v) is 5.47. The van der Waals surface area contributed by atoms with Crippen LogP contribution < -0.4 is 10.1 Å². The smallest absolute Gasteiger partial charge is 0.237 e. The molecule has 0 spiro atoms. The highest BCUT2D eigenvalue weighted by Crippen LogP contribution is 2.37. The molecular formula is C33H33N3O2S. The number of amides is 1. The maximum absolute atomic E-state index is 13.5. The van der Waals surface area contributed by atoms with Gasteiger partial charge in [0, 0.05) is 16.8 Å². The van der Waals surface area contributed by atoms with Crippen LogP contribution in [0.25, 0.3) is 22.4 Å². The van der Waals surface area contributed by atoms with Crippen LogP contribution in [-0.4, -0.2) is 23.3 Å². The van der Waals surface area contributed by atoms with E-state index >= 15 is 0 Å². The number of benzene rings is 3. The molecule has 6 heteroatoms. The molecule has 1 amide bonds. The van der Waals surface area contributed by atoms with E-state index in [0.717, 1.165) is 56.9 Å². The Bertz CT molecular complexity index is 1510. The van der Waals surface area contributed by atoms with E-state index in [2.05, 4.69) is 18.3 Å². The number of aryl methyl sites for hydroxylation is 3. The summed E-state index contributed by atoms with van der Waals surface area (Å²) in [5, 5.41) is 13.6. The lowest BCUT2D eigenvalue weighted by Crippen LogP contribution is -2.26. The van der Waals surface area contributed by atoms with Crippen LogP contribution in [0.4, 0.5) is 5.69 Å². The summed E-state index contributed by atoms with van der Waals surface area (Å²) in [6, 6.07) is 26.2. The molecule has 198 valence electrons. The minimum Gasteiger partial charge on any atom is -0.497 e. The van der Waals surface area contributed by atoms with E-state index < -0.39 is 5.25 Å². The number of aromatic nitrogens is 1. The largest absolute Gasteiger partial charge is 0.497 e. The highest BCUT2D eigenvalue weighted by molar-refractivity contribution is 8.00. The highest BCUT2D eigenvalue weighted by atomic mass is 32.2. The summed E-state index contributed by atoms with van der Waals surface area (Å²) in [4.78, 5) is 18.5. The van der Waals surface area contributed by atoms with Crippen molar-refractivity contribution in [3.63, 3.8) is 0 Å². The topological polar surface area (TPSA) is 75.0 Å². The zero-order valence-corrected chi connectivity index (χ0v) is 23.9. The average Bonchev–Trinajstić information content (AvgIpc) is 2.96. The summed E-state index contributed by atoms with van der Waals surface area (Å²) < 4.78 is 5.32. The molecule has 0 fully saturated rings. The molecule has 0 aliphatic carbocycles. The molecule has 1 atom stereocenters. The number of hydrogen-bond acceptors (Lipinski definition) is 5. The van der Waals surface area contributed by atoms with E-state index in [4.69, 9.17) is 9.72 Å². The number of thioether (sulfide) groups is 1. The Labute approximate surface area is 235 Å². The quantitative estimate of drug-likeness (QED) is 0.220. The number of anilines is 1. The van der Waals surface area contributed by atoms with Crippen molar-refractivity contribution >= 4 is 23.4 Å².